The number of aryl methyl sites for hydroxylation is 2. The SMILES string of the molecule is COC(=O)/C=C/CCNC(=O)c1cc(C)nc2cc(C)nn12. The molecule has 0 aromatic carbocycles. The van der Waals surface area contributed by atoms with Crippen molar-refractivity contribution < 1.29 is 14.3 Å². The number of esters is 1. The highest BCUT2D eigenvalue weighted by Gasteiger charge is 2.13. The third-order valence-corrected chi connectivity index (χ3v) is 2.96. The fraction of sp³-hybridized carbons (Fsp3) is 0.333. The average molecular weight is 302 g/mol. The van der Waals surface area contributed by atoms with Gasteiger partial charge in [-0.05, 0) is 26.3 Å². The van der Waals surface area contributed by atoms with E-state index in [2.05, 4.69) is 20.1 Å². The molecule has 116 valence electrons. The number of nitrogens with zero attached hydrogens (tertiary/aromatic N) is 3. The molecule has 2 heterocycles. The van der Waals surface area contributed by atoms with Crippen LogP contribution in [0.3, 0.4) is 0 Å². The van der Waals surface area contributed by atoms with Crippen LogP contribution < -0.4 is 5.32 Å². The van der Waals surface area contributed by atoms with E-state index in [1.54, 1.807) is 12.1 Å². The fourth-order valence-electron chi connectivity index (χ4n) is 1.98. The Balaban J connectivity index is 2.04. The lowest BCUT2D eigenvalue weighted by atomic mass is 10.3. The van der Waals surface area contributed by atoms with Crippen LogP contribution >= 0.6 is 0 Å². The number of methoxy groups -OCH3 is 1. The number of rotatable bonds is 5. The molecule has 0 aliphatic carbocycles. The van der Waals surface area contributed by atoms with Crippen molar-refractivity contribution in [2.75, 3.05) is 13.7 Å². The first-order chi connectivity index (χ1) is 10.5. The van der Waals surface area contributed by atoms with Crippen molar-refractivity contribution in [3.05, 3.63) is 41.4 Å². The summed E-state index contributed by atoms with van der Waals surface area (Å²) in [6.45, 7) is 4.09. The minimum atomic E-state index is -0.412. The Bertz CT molecular complexity index is 734. The second-order valence-corrected chi connectivity index (χ2v) is 4.81. The maximum Gasteiger partial charge on any atom is 0.330 e. The van der Waals surface area contributed by atoms with E-state index in [0.717, 1.165) is 11.4 Å². The van der Waals surface area contributed by atoms with Crippen LogP contribution in [0.2, 0.25) is 0 Å². The third kappa shape index (κ3) is 3.69. The van der Waals surface area contributed by atoms with E-state index in [1.807, 2.05) is 19.9 Å². The number of ether oxygens (including phenoxy) is 1. The molecule has 0 saturated heterocycles. The first kappa shape index (κ1) is 15.7. The zero-order valence-corrected chi connectivity index (χ0v) is 12.8. The Labute approximate surface area is 128 Å². The van der Waals surface area contributed by atoms with Crippen molar-refractivity contribution in [2.45, 2.75) is 20.3 Å². The van der Waals surface area contributed by atoms with E-state index in [4.69, 9.17) is 0 Å². The smallest absolute Gasteiger partial charge is 0.330 e. The Morgan fingerprint density at radius 1 is 1.32 bits per heavy atom. The number of fused-ring (bicyclic) bond motifs is 1. The predicted molar refractivity (Wildman–Crippen MR) is 80.6 cm³/mol. The second-order valence-electron chi connectivity index (χ2n) is 4.81. The minimum Gasteiger partial charge on any atom is -0.466 e. The number of hydrogen-bond acceptors (Lipinski definition) is 5. The van der Waals surface area contributed by atoms with Crippen LogP contribution in [0.25, 0.3) is 5.65 Å². The molecule has 2 rings (SSSR count). The molecule has 0 fully saturated rings. The maximum absolute atomic E-state index is 12.3. The van der Waals surface area contributed by atoms with E-state index in [-0.39, 0.29) is 5.91 Å². The van der Waals surface area contributed by atoms with Crippen LogP contribution in [0.15, 0.2) is 24.3 Å². The summed E-state index contributed by atoms with van der Waals surface area (Å²) in [6, 6.07) is 3.52. The van der Waals surface area contributed by atoms with Gasteiger partial charge in [0.15, 0.2) is 5.65 Å². The molecule has 0 spiro atoms. The lowest BCUT2D eigenvalue weighted by Crippen LogP contribution is -2.27. The molecule has 0 aliphatic heterocycles. The summed E-state index contributed by atoms with van der Waals surface area (Å²) >= 11 is 0. The van der Waals surface area contributed by atoms with Crippen molar-refractivity contribution in [2.24, 2.45) is 0 Å². The van der Waals surface area contributed by atoms with Crippen LogP contribution in [0.5, 0.6) is 0 Å². The summed E-state index contributed by atoms with van der Waals surface area (Å²) in [6.07, 6.45) is 3.52. The standard InChI is InChI=1S/C15H18N4O3/c1-10-8-12(19-13(17-10)9-11(2)18-19)15(21)16-7-5-4-6-14(20)22-3/h4,6,8-9H,5,7H2,1-3H3,(H,16,21)/b6-4+. The molecule has 7 nitrogen and oxygen atoms in total. The fourth-order valence-corrected chi connectivity index (χ4v) is 1.98. The van der Waals surface area contributed by atoms with Crippen molar-refractivity contribution in [3.8, 4) is 0 Å². The van der Waals surface area contributed by atoms with E-state index in [1.165, 1.54) is 17.7 Å². The van der Waals surface area contributed by atoms with Gasteiger partial charge in [0.25, 0.3) is 5.91 Å². The van der Waals surface area contributed by atoms with Crippen molar-refractivity contribution in [1.29, 1.82) is 0 Å². The molecule has 2 aromatic heterocycles. The quantitative estimate of drug-likeness (QED) is 0.509. The molecule has 7 heteroatoms. The molecule has 0 aliphatic rings. The second kappa shape index (κ2) is 6.84. The van der Waals surface area contributed by atoms with Crippen molar-refractivity contribution in [3.63, 3.8) is 0 Å². The summed E-state index contributed by atoms with van der Waals surface area (Å²) in [5, 5.41) is 7.06. The molecule has 22 heavy (non-hydrogen) atoms. The van der Waals surface area contributed by atoms with Gasteiger partial charge in [0, 0.05) is 24.4 Å². The minimum absolute atomic E-state index is 0.231. The van der Waals surface area contributed by atoms with Crippen molar-refractivity contribution >= 4 is 17.5 Å². The van der Waals surface area contributed by atoms with Gasteiger partial charge in [-0.25, -0.2) is 14.3 Å². The Hall–Kier alpha value is -2.70. The summed E-state index contributed by atoms with van der Waals surface area (Å²) < 4.78 is 6.01. The first-order valence-corrected chi connectivity index (χ1v) is 6.88. The van der Waals surface area contributed by atoms with E-state index in [9.17, 15) is 9.59 Å². The molecule has 2 aromatic rings. The largest absolute Gasteiger partial charge is 0.466 e. The number of nitrogens with one attached hydrogen (secondary N) is 1. The zero-order valence-electron chi connectivity index (χ0n) is 12.8. The summed E-state index contributed by atoms with van der Waals surface area (Å²) in [7, 11) is 1.32. The van der Waals surface area contributed by atoms with Crippen LogP contribution in [-0.2, 0) is 9.53 Å². The van der Waals surface area contributed by atoms with Crippen LogP contribution in [-0.4, -0.2) is 40.1 Å². The molecule has 0 atom stereocenters. The molecule has 0 saturated carbocycles. The van der Waals surface area contributed by atoms with Gasteiger partial charge in [-0.1, -0.05) is 6.08 Å². The van der Waals surface area contributed by atoms with E-state index in [0.29, 0.717) is 24.3 Å². The number of carbonyl (C=O) groups is 2. The molecular formula is C15H18N4O3. The Morgan fingerprint density at radius 3 is 2.82 bits per heavy atom. The normalized spacial score (nSPS) is 11.0. The number of amides is 1. The topological polar surface area (TPSA) is 85.6 Å². The highest BCUT2D eigenvalue weighted by molar-refractivity contribution is 5.93. The molecule has 1 N–H and O–H groups in total. The van der Waals surface area contributed by atoms with Gasteiger partial charge in [0.05, 0.1) is 12.8 Å². The molecular weight excluding hydrogens is 284 g/mol. The molecule has 0 unspecified atom stereocenters. The van der Waals surface area contributed by atoms with Crippen LogP contribution in [0.1, 0.15) is 28.3 Å². The average Bonchev–Trinajstić information content (AvgIpc) is 2.85. The summed E-state index contributed by atoms with van der Waals surface area (Å²) in [5.74, 6) is -0.644. The maximum atomic E-state index is 12.3. The van der Waals surface area contributed by atoms with E-state index < -0.39 is 5.97 Å². The predicted octanol–water partition coefficient (Wildman–Crippen LogP) is 1.20. The monoisotopic (exact) mass is 302 g/mol. The highest BCUT2D eigenvalue weighted by Crippen LogP contribution is 2.09. The van der Waals surface area contributed by atoms with Gasteiger partial charge >= 0.3 is 5.97 Å². The van der Waals surface area contributed by atoms with Gasteiger partial charge in [0.1, 0.15) is 5.69 Å². The zero-order chi connectivity index (χ0) is 16.1. The van der Waals surface area contributed by atoms with Gasteiger partial charge in [-0.2, -0.15) is 5.10 Å². The number of aromatic nitrogens is 3. The van der Waals surface area contributed by atoms with Crippen LogP contribution in [0, 0.1) is 13.8 Å². The first-order valence-electron chi connectivity index (χ1n) is 6.88. The lowest BCUT2D eigenvalue weighted by molar-refractivity contribution is -0.134. The molecule has 0 radical (unpaired) electrons. The molecule has 0 bridgehead atoms. The van der Waals surface area contributed by atoms with Gasteiger partial charge < -0.3 is 10.1 Å². The van der Waals surface area contributed by atoms with Gasteiger partial charge in [-0.15, -0.1) is 0 Å². The third-order valence-electron chi connectivity index (χ3n) is 2.96. The Morgan fingerprint density at radius 2 is 2.09 bits per heavy atom. The Kier molecular flexibility index (Phi) is 4.88. The lowest BCUT2D eigenvalue weighted by Gasteiger charge is -2.06. The summed E-state index contributed by atoms with van der Waals surface area (Å²) in [5.41, 5.74) is 2.64. The molecule has 1 amide bonds. The van der Waals surface area contributed by atoms with Crippen LogP contribution in [0.4, 0.5) is 0 Å². The van der Waals surface area contributed by atoms with Gasteiger partial charge in [-0.3, -0.25) is 4.79 Å². The highest BCUT2D eigenvalue weighted by atomic mass is 16.5. The van der Waals surface area contributed by atoms with Gasteiger partial charge in [0.2, 0.25) is 0 Å². The van der Waals surface area contributed by atoms with E-state index >= 15 is 0 Å². The summed E-state index contributed by atoms with van der Waals surface area (Å²) in [4.78, 5) is 27.5. The number of carbonyl (C=O) groups excluding carboxylic acids is 2. The van der Waals surface area contributed by atoms with Crippen molar-refractivity contribution in [1.82, 2.24) is 19.9 Å². The number of hydrogen-bond donors (Lipinski definition) is 1.